The lowest BCUT2D eigenvalue weighted by Crippen LogP contribution is -2.30. The standard InChI is InChI=1S/C20H23F3O2/c1-6-25-19(24)18(20(21,22)23)16-9-13(5)15-10-14(11(2)3)8-7-12(4)17(15)16/h7-11,18H,6H2,1-5H3/t18-/m0/s1. The number of halogens is 3. The van der Waals surface area contributed by atoms with E-state index in [4.69, 9.17) is 4.74 Å². The number of fused-ring (bicyclic) bond motifs is 1. The Kier molecular flexibility index (Phi) is 5.45. The summed E-state index contributed by atoms with van der Waals surface area (Å²) >= 11 is 0. The Bertz CT molecular complexity index is 748. The van der Waals surface area contributed by atoms with Crippen LogP contribution in [-0.2, 0) is 9.53 Å². The quantitative estimate of drug-likeness (QED) is 0.656. The summed E-state index contributed by atoms with van der Waals surface area (Å²) in [7, 11) is 0. The van der Waals surface area contributed by atoms with Crippen molar-refractivity contribution in [3.05, 3.63) is 46.5 Å². The first-order valence-electron chi connectivity index (χ1n) is 8.35. The smallest absolute Gasteiger partial charge is 0.406 e. The molecular weight excluding hydrogens is 329 g/mol. The van der Waals surface area contributed by atoms with Gasteiger partial charge in [0.05, 0.1) is 6.61 Å². The highest BCUT2D eigenvalue weighted by molar-refractivity contribution is 5.87. The molecular formula is C20H23F3O2. The van der Waals surface area contributed by atoms with E-state index >= 15 is 0 Å². The highest BCUT2D eigenvalue weighted by Crippen LogP contribution is 2.45. The van der Waals surface area contributed by atoms with Gasteiger partial charge < -0.3 is 4.74 Å². The monoisotopic (exact) mass is 352 g/mol. The molecule has 2 rings (SSSR count). The van der Waals surface area contributed by atoms with Gasteiger partial charge in [-0.1, -0.05) is 38.1 Å². The summed E-state index contributed by atoms with van der Waals surface area (Å²) in [4.78, 5) is 12.1. The molecule has 1 atom stereocenters. The maximum Gasteiger partial charge on any atom is 0.406 e. The molecule has 0 amide bonds. The van der Waals surface area contributed by atoms with Gasteiger partial charge >= 0.3 is 12.1 Å². The molecule has 2 aliphatic carbocycles. The zero-order valence-corrected chi connectivity index (χ0v) is 15.1. The van der Waals surface area contributed by atoms with Crippen molar-refractivity contribution in [3.63, 3.8) is 0 Å². The first-order valence-corrected chi connectivity index (χ1v) is 8.35. The second-order valence-corrected chi connectivity index (χ2v) is 6.61. The number of carbonyl (C=O) groups excluding carboxylic acids is 1. The number of alkyl halides is 3. The molecule has 0 aromatic rings. The van der Waals surface area contributed by atoms with E-state index < -0.39 is 18.1 Å². The lowest BCUT2D eigenvalue weighted by atomic mass is 9.93. The van der Waals surface area contributed by atoms with Gasteiger partial charge in [0.1, 0.15) is 0 Å². The Hall–Kier alpha value is -2.04. The van der Waals surface area contributed by atoms with Crippen molar-refractivity contribution in [2.45, 2.75) is 52.6 Å². The molecule has 0 fully saturated rings. The molecule has 0 bridgehead atoms. The van der Waals surface area contributed by atoms with Crippen LogP contribution < -0.4 is 0 Å². The molecule has 5 heteroatoms. The minimum Gasteiger partial charge on any atom is -0.465 e. The SMILES string of the molecule is CCOC(=O)[C@H](c1cc(C)c2cc(C(C)C)ccc(C)c1-2)C(F)(F)F. The maximum atomic E-state index is 13.6. The predicted molar refractivity (Wildman–Crippen MR) is 92.1 cm³/mol. The fraction of sp³-hybridized carbons (Fsp3) is 0.450. The molecule has 0 N–H and O–H groups in total. The Morgan fingerprint density at radius 2 is 1.76 bits per heavy atom. The minimum absolute atomic E-state index is 0.0261. The molecule has 2 nitrogen and oxygen atoms in total. The van der Waals surface area contributed by atoms with Crippen LogP contribution in [-0.4, -0.2) is 18.8 Å². The van der Waals surface area contributed by atoms with Crippen LogP contribution >= 0.6 is 0 Å². The summed E-state index contributed by atoms with van der Waals surface area (Å²) in [6, 6.07) is 7.14. The number of carbonyl (C=O) groups is 1. The number of aryl methyl sites for hydroxylation is 2. The van der Waals surface area contributed by atoms with Crippen molar-refractivity contribution < 1.29 is 22.7 Å². The summed E-state index contributed by atoms with van der Waals surface area (Å²) in [6.07, 6.45) is -4.71. The number of esters is 1. The second kappa shape index (κ2) is 7.06. The van der Waals surface area contributed by atoms with Crippen LogP contribution in [0.15, 0.2) is 24.3 Å². The van der Waals surface area contributed by atoms with Gasteiger partial charge in [-0.05, 0) is 60.1 Å². The summed E-state index contributed by atoms with van der Waals surface area (Å²) in [5.41, 5.74) is 3.69. The van der Waals surface area contributed by atoms with E-state index in [0.717, 1.165) is 16.7 Å². The van der Waals surface area contributed by atoms with E-state index in [1.165, 1.54) is 13.0 Å². The fourth-order valence-corrected chi connectivity index (χ4v) is 3.13. The number of ether oxygens (including phenoxy) is 1. The van der Waals surface area contributed by atoms with Gasteiger partial charge in [-0.2, -0.15) is 13.2 Å². The van der Waals surface area contributed by atoms with E-state index in [2.05, 4.69) is 0 Å². The third kappa shape index (κ3) is 3.80. The predicted octanol–water partition coefficient (Wildman–Crippen LogP) is 5.74. The third-order valence-corrected chi connectivity index (χ3v) is 4.41. The zero-order valence-electron chi connectivity index (χ0n) is 15.1. The van der Waals surface area contributed by atoms with Gasteiger partial charge in [0.15, 0.2) is 5.92 Å². The van der Waals surface area contributed by atoms with Crippen molar-refractivity contribution >= 4 is 5.97 Å². The van der Waals surface area contributed by atoms with Crippen LogP contribution in [0.2, 0.25) is 0 Å². The second-order valence-electron chi connectivity index (χ2n) is 6.61. The summed E-state index contributed by atoms with van der Waals surface area (Å²) in [5, 5.41) is 0. The number of rotatable bonds is 4. The molecule has 25 heavy (non-hydrogen) atoms. The van der Waals surface area contributed by atoms with Crippen molar-refractivity contribution in [2.24, 2.45) is 0 Å². The number of hydrogen-bond donors (Lipinski definition) is 0. The van der Waals surface area contributed by atoms with E-state index in [1.807, 2.05) is 32.0 Å². The molecule has 136 valence electrons. The van der Waals surface area contributed by atoms with Gasteiger partial charge in [-0.25, -0.2) is 0 Å². The molecule has 0 aliphatic heterocycles. The molecule has 0 aromatic heterocycles. The summed E-state index contributed by atoms with van der Waals surface area (Å²) in [6.45, 7) is 9.02. The van der Waals surface area contributed by atoms with Crippen LogP contribution in [0.25, 0.3) is 11.1 Å². The van der Waals surface area contributed by atoms with E-state index in [9.17, 15) is 18.0 Å². The van der Waals surface area contributed by atoms with E-state index in [-0.39, 0.29) is 18.1 Å². The average Bonchev–Trinajstić information content (AvgIpc) is 2.66. The molecule has 0 spiro atoms. The largest absolute Gasteiger partial charge is 0.465 e. The summed E-state index contributed by atoms with van der Waals surface area (Å²) in [5.74, 6) is -3.28. The van der Waals surface area contributed by atoms with Gasteiger partial charge in [-0.15, -0.1) is 0 Å². The Morgan fingerprint density at radius 1 is 1.12 bits per heavy atom. The van der Waals surface area contributed by atoms with Crippen molar-refractivity contribution in [3.8, 4) is 11.1 Å². The molecule has 0 aromatic carbocycles. The molecule has 0 saturated heterocycles. The van der Waals surface area contributed by atoms with Gasteiger partial charge in [0, 0.05) is 0 Å². The van der Waals surface area contributed by atoms with Crippen molar-refractivity contribution in [1.82, 2.24) is 0 Å². The Morgan fingerprint density at radius 3 is 2.28 bits per heavy atom. The van der Waals surface area contributed by atoms with Crippen LogP contribution in [0, 0.1) is 13.8 Å². The Labute approximate surface area is 146 Å². The highest BCUT2D eigenvalue weighted by atomic mass is 19.4. The molecule has 0 saturated carbocycles. The fourth-order valence-electron chi connectivity index (χ4n) is 3.13. The first kappa shape index (κ1) is 19.3. The lowest BCUT2D eigenvalue weighted by Gasteiger charge is -2.20. The zero-order chi connectivity index (χ0) is 18.9. The topological polar surface area (TPSA) is 26.3 Å². The van der Waals surface area contributed by atoms with Crippen LogP contribution in [0.4, 0.5) is 13.2 Å². The van der Waals surface area contributed by atoms with Crippen molar-refractivity contribution in [2.75, 3.05) is 6.61 Å². The Balaban J connectivity index is 2.73. The molecule has 0 unspecified atom stereocenters. The minimum atomic E-state index is -4.71. The first-order chi connectivity index (χ1) is 11.6. The van der Waals surface area contributed by atoms with Crippen LogP contribution in [0.3, 0.4) is 0 Å². The van der Waals surface area contributed by atoms with E-state index in [1.54, 1.807) is 13.8 Å². The highest BCUT2D eigenvalue weighted by Gasteiger charge is 2.49. The normalized spacial score (nSPS) is 13.3. The average molecular weight is 352 g/mol. The molecule has 2 aliphatic rings. The number of hydrogen-bond acceptors (Lipinski definition) is 2. The summed E-state index contributed by atoms with van der Waals surface area (Å²) < 4.78 is 45.7. The van der Waals surface area contributed by atoms with Gasteiger partial charge in [0.2, 0.25) is 0 Å². The molecule has 0 radical (unpaired) electrons. The van der Waals surface area contributed by atoms with Gasteiger partial charge in [0.25, 0.3) is 0 Å². The maximum absolute atomic E-state index is 13.6. The van der Waals surface area contributed by atoms with Crippen LogP contribution in [0.5, 0.6) is 0 Å². The lowest BCUT2D eigenvalue weighted by molar-refractivity contribution is -0.180. The van der Waals surface area contributed by atoms with Gasteiger partial charge in [-0.3, -0.25) is 4.79 Å². The third-order valence-electron chi connectivity index (χ3n) is 4.41. The molecule has 0 heterocycles. The van der Waals surface area contributed by atoms with Crippen molar-refractivity contribution in [1.29, 1.82) is 0 Å². The van der Waals surface area contributed by atoms with E-state index in [0.29, 0.717) is 11.1 Å². The van der Waals surface area contributed by atoms with Crippen LogP contribution in [0.1, 0.15) is 54.9 Å².